The minimum atomic E-state index is -0.909. The third-order valence-electron chi connectivity index (χ3n) is 2.79. The number of nitrogens with zero attached hydrogens (tertiary/aromatic N) is 1. The van der Waals surface area contributed by atoms with E-state index in [9.17, 15) is 4.79 Å². The van der Waals surface area contributed by atoms with E-state index in [0.717, 1.165) is 11.1 Å². The highest BCUT2D eigenvalue weighted by atomic mass is 32.1. The molecular weight excluding hydrogens is 274 g/mol. The smallest absolute Gasteiger partial charge is 0.308 e. The molecule has 0 aliphatic heterocycles. The molecule has 100 valence electrons. The van der Waals surface area contributed by atoms with Gasteiger partial charge in [-0.1, -0.05) is 12.1 Å². The molecule has 0 bridgehead atoms. The van der Waals surface area contributed by atoms with Gasteiger partial charge in [-0.25, -0.2) is 4.98 Å². The molecule has 0 saturated carbocycles. The summed E-state index contributed by atoms with van der Waals surface area (Å²) in [4.78, 5) is 15.4. The number of para-hydroxylation sites is 2. The van der Waals surface area contributed by atoms with Crippen molar-refractivity contribution < 1.29 is 14.3 Å². The average molecular weight is 285 g/mol. The van der Waals surface area contributed by atoms with Crippen molar-refractivity contribution in [1.29, 1.82) is 0 Å². The van der Waals surface area contributed by atoms with Crippen molar-refractivity contribution in [2.24, 2.45) is 0 Å². The highest BCUT2D eigenvalue weighted by molar-refractivity contribution is 7.08. The Morgan fingerprint density at radius 3 is 2.90 bits per heavy atom. The predicted octanol–water partition coefficient (Wildman–Crippen LogP) is 3.90. The number of fused-ring (bicyclic) bond motifs is 1. The van der Waals surface area contributed by atoms with Crippen LogP contribution in [0.4, 0.5) is 0 Å². The van der Waals surface area contributed by atoms with Crippen molar-refractivity contribution in [1.82, 2.24) is 4.98 Å². The number of carboxylic acid groups (broad SMARTS) is 1. The third kappa shape index (κ3) is 2.62. The molecule has 4 nitrogen and oxygen atoms in total. The summed E-state index contributed by atoms with van der Waals surface area (Å²) < 4.78 is 5.64. The highest BCUT2D eigenvalue weighted by Gasteiger charge is 2.14. The van der Waals surface area contributed by atoms with Crippen LogP contribution in [0.25, 0.3) is 22.7 Å². The average Bonchev–Trinajstić information content (AvgIpc) is 3.05. The number of aromatic nitrogens is 1. The van der Waals surface area contributed by atoms with E-state index >= 15 is 0 Å². The fraction of sp³-hybridized carbons (Fsp3) is 0.0667. The second-order valence-corrected chi connectivity index (χ2v) is 5.06. The van der Waals surface area contributed by atoms with Crippen LogP contribution in [0.3, 0.4) is 0 Å². The molecule has 3 rings (SSSR count). The van der Waals surface area contributed by atoms with E-state index < -0.39 is 5.97 Å². The van der Waals surface area contributed by atoms with E-state index in [2.05, 4.69) is 4.98 Å². The van der Waals surface area contributed by atoms with Crippen molar-refractivity contribution in [3.63, 3.8) is 0 Å². The molecule has 5 heteroatoms. The molecule has 0 aliphatic rings. The van der Waals surface area contributed by atoms with Gasteiger partial charge in [0.2, 0.25) is 5.89 Å². The molecule has 0 fully saturated rings. The topological polar surface area (TPSA) is 63.3 Å². The Hall–Kier alpha value is -2.40. The molecule has 1 aromatic carbocycles. The van der Waals surface area contributed by atoms with E-state index in [1.54, 1.807) is 17.4 Å². The Morgan fingerprint density at radius 1 is 1.35 bits per heavy atom. The van der Waals surface area contributed by atoms with Crippen LogP contribution >= 0.6 is 11.3 Å². The van der Waals surface area contributed by atoms with Gasteiger partial charge in [0.1, 0.15) is 5.52 Å². The monoisotopic (exact) mass is 285 g/mol. The number of aliphatic carboxylic acids is 1. The maximum absolute atomic E-state index is 11.0. The summed E-state index contributed by atoms with van der Waals surface area (Å²) in [6.07, 6.45) is 1.68. The summed E-state index contributed by atoms with van der Waals surface area (Å²) in [6.45, 7) is 0. The lowest BCUT2D eigenvalue weighted by molar-refractivity contribution is -0.135. The molecule has 0 amide bonds. The summed E-state index contributed by atoms with van der Waals surface area (Å²) in [5.74, 6) is -0.548. The summed E-state index contributed by atoms with van der Waals surface area (Å²) in [5.41, 5.74) is 2.90. The van der Waals surface area contributed by atoms with Gasteiger partial charge in [0.25, 0.3) is 0 Å². The standard InChI is InChI=1S/C15H11NO3S/c17-14(18)8-11(7-10-5-6-20-9-10)15-16-12-3-1-2-4-13(12)19-15/h1-7,9H,8H2,(H,17,18)/b11-7+. The van der Waals surface area contributed by atoms with Crippen molar-refractivity contribution in [2.45, 2.75) is 6.42 Å². The van der Waals surface area contributed by atoms with E-state index in [4.69, 9.17) is 9.52 Å². The molecule has 0 radical (unpaired) electrons. The van der Waals surface area contributed by atoms with Crippen LogP contribution in [-0.4, -0.2) is 16.1 Å². The van der Waals surface area contributed by atoms with Gasteiger partial charge in [-0.05, 0) is 40.6 Å². The predicted molar refractivity (Wildman–Crippen MR) is 78.5 cm³/mol. The normalized spacial score (nSPS) is 11.9. The fourth-order valence-electron chi connectivity index (χ4n) is 1.92. The Labute approximate surface area is 119 Å². The molecule has 20 heavy (non-hydrogen) atoms. The van der Waals surface area contributed by atoms with Crippen molar-refractivity contribution >= 4 is 40.1 Å². The molecular formula is C15H11NO3S. The summed E-state index contributed by atoms with van der Waals surface area (Å²) in [7, 11) is 0. The van der Waals surface area contributed by atoms with Gasteiger partial charge in [0.15, 0.2) is 5.58 Å². The van der Waals surface area contributed by atoms with Gasteiger partial charge in [0.05, 0.1) is 6.42 Å². The molecule has 2 aromatic heterocycles. The highest BCUT2D eigenvalue weighted by Crippen LogP contribution is 2.25. The first-order chi connectivity index (χ1) is 9.72. The number of hydrogen-bond acceptors (Lipinski definition) is 4. The lowest BCUT2D eigenvalue weighted by Gasteiger charge is -1.99. The number of thiophene rings is 1. The molecule has 0 atom stereocenters. The SMILES string of the molecule is O=C(O)C/C(=C\c1ccsc1)c1nc2ccccc2o1. The Balaban J connectivity index is 2.06. The lowest BCUT2D eigenvalue weighted by atomic mass is 10.1. The van der Waals surface area contributed by atoms with Crippen LogP contribution in [-0.2, 0) is 4.79 Å². The van der Waals surface area contributed by atoms with E-state index in [1.165, 1.54) is 0 Å². The molecule has 3 aromatic rings. The number of rotatable bonds is 4. The zero-order chi connectivity index (χ0) is 13.9. The Kier molecular flexibility index (Phi) is 3.35. The maximum Gasteiger partial charge on any atom is 0.308 e. The van der Waals surface area contributed by atoms with E-state index in [1.807, 2.05) is 41.1 Å². The zero-order valence-corrected chi connectivity index (χ0v) is 11.3. The van der Waals surface area contributed by atoms with Crippen LogP contribution in [0.15, 0.2) is 45.5 Å². The third-order valence-corrected chi connectivity index (χ3v) is 3.50. The van der Waals surface area contributed by atoms with Gasteiger partial charge in [-0.15, -0.1) is 0 Å². The second kappa shape index (κ2) is 5.30. The Bertz CT molecular complexity index is 738. The quantitative estimate of drug-likeness (QED) is 0.789. The van der Waals surface area contributed by atoms with Crippen LogP contribution in [0, 0.1) is 0 Å². The zero-order valence-electron chi connectivity index (χ0n) is 10.4. The summed E-state index contributed by atoms with van der Waals surface area (Å²) >= 11 is 1.56. The van der Waals surface area contributed by atoms with E-state index in [0.29, 0.717) is 17.0 Å². The minimum absolute atomic E-state index is 0.122. The number of oxazole rings is 1. The Morgan fingerprint density at radius 2 is 2.20 bits per heavy atom. The molecule has 0 spiro atoms. The second-order valence-electron chi connectivity index (χ2n) is 4.28. The number of carbonyl (C=O) groups is 1. The van der Waals surface area contributed by atoms with E-state index in [-0.39, 0.29) is 6.42 Å². The van der Waals surface area contributed by atoms with Crippen molar-refractivity contribution in [3.05, 3.63) is 52.5 Å². The van der Waals surface area contributed by atoms with Gasteiger partial charge >= 0.3 is 5.97 Å². The largest absolute Gasteiger partial charge is 0.481 e. The van der Waals surface area contributed by atoms with Gasteiger partial charge in [-0.3, -0.25) is 4.79 Å². The molecule has 0 unspecified atom stereocenters. The summed E-state index contributed by atoms with van der Waals surface area (Å²) in [6, 6.07) is 9.31. The van der Waals surface area contributed by atoms with Crippen molar-refractivity contribution in [2.75, 3.05) is 0 Å². The maximum atomic E-state index is 11.0. The van der Waals surface area contributed by atoms with Crippen LogP contribution in [0.5, 0.6) is 0 Å². The number of benzene rings is 1. The first-order valence-corrected chi connectivity index (χ1v) is 6.97. The van der Waals surface area contributed by atoms with Gasteiger partial charge in [0, 0.05) is 5.57 Å². The minimum Gasteiger partial charge on any atom is -0.481 e. The molecule has 1 N–H and O–H groups in total. The van der Waals surface area contributed by atoms with Gasteiger partial charge in [-0.2, -0.15) is 11.3 Å². The molecule has 0 aliphatic carbocycles. The summed E-state index contributed by atoms with van der Waals surface area (Å²) in [5, 5.41) is 12.9. The van der Waals surface area contributed by atoms with Crippen LogP contribution < -0.4 is 0 Å². The van der Waals surface area contributed by atoms with Crippen molar-refractivity contribution in [3.8, 4) is 0 Å². The first kappa shape index (κ1) is 12.6. The van der Waals surface area contributed by atoms with Crippen LogP contribution in [0.1, 0.15) is 17.9 Å². The van der Waals surface area contributed by atoms with Crippen LogP contribution in [0.2, 0.25) is 0 Å². The number of carboxylic acids is 1. The molecule has 0 saturated heterocycles. The first-order valence-electron chi connectivity index (χ1n) is 6.03. The fourth-order valence-corrected chi connectivity index (χ4v) is 2.54. The lowest BCUT2D eigenvalue weighted by Crippen LogP contribution is -1.97. The molecule has 2 heterocycles. The van der Waals surface area contributed by atoms with Gasteiger partial charge < -0.3 is 9.52 Å². The number of hydrogen-bond donors (Lipinski definition) is 1.